The summed E-state index contributed by atoms with van der Waals surface area (Å²) >= 11 is 0. The maximum Gasteiger partial charge on any atom is 0.165 e. The fourth-order valence-corrected chi connectivity index (χ4v) is 1.56. The summed E-state index contributed by atoms with van der Waals surface area (Å²) in [5.74, 6) is -0.504. The highest BCUT2D eigenvalue weighted by molar-refractivity contribution is 5.43. The van der Waals surface area contributed by atoms with Gasteiger partial charge < -0.3 is 15.2 Å². The molecule has 0 fully saturated rings. The van der Waals surface area contributed by atoms with E-state index < -0.39 is 11.6 Å². The number of benzene rings is 2. The summed E-state index contributed by atoms with van der Waals surface area (Å²) in [6, 6.07) is 8.66. The van der Waals surface area contributed by atoms with Gasteiger partial charge in [0.15, 0.2) is 11.6 Å². The molecule has 0 aliphatic rings. The van der Waals surface area contributed by atoms with Crippen LogP contribution in [-0.4, -0.2) is 7.11 Å². The predicted molar refractivity (Wildman–Crippen MR) is 68.1 cm³/mol. The molecule has 0 unspecified atom stereocenters. The van der Waals surface area contributed by atoms with Crippen molar-refractivity contribution in [3.8, 4) is 11.5 Å². The van der Waals surface area contributed by atoms with Crippen LogP contribution in [0.5, 0.6) is 11.5 Å². The quantitative estimate of drug-likeness (QED) is 0.864. The molecular weight excluding hydrogens is 252 g/mol. The van der Waals surface area contributed by atoms with Crippen LogP contribution in [-0.2, 0) is 6.61 Å². The van der Waals surface area contributed by atoms with Crippen molar-refractivity contribution in [2.75, 3.05) is 12.8 Å². The van der Waals surface area contributed by atoms with E-state index in [1.807, 2.05) is 0 Å². The Labute approximate surface area is 109 Å². The molecule has 0 heterocycles. The predicted octanol–water partition coefficient (Wildman–Crippen LogP) is 3.13. The molecule has 0 amide bonds. The van der Waals surface area contributed by atoms with Gasteiger partial charge in [-0.3, -0.25) is 0 Å². The third-order valence-corrected chi connectivity index (χ3v) is 2.59. The van der Waals surface area contributed by atoms with Gasteiger partial charge in [0, 0.05) is 6.07 Å². The minimum Gasteiger partial charge on any atom is -0.494 e. The molecule has 2 aromatic rings. The van der Waals surface area contributed by atoms with Gasteiger partial charge in [0.1, 0.15) is 18.2 Å². The number of hydrogen-bond acceptors (Lipinski definition) is 3. The van der Waals surface area contributed by atoms with Crippen LogP contribution in [0.15, 0.2) is 36.4 Å². The summed E-state index contributed by atoms with van der Waals surface area (Å²) in [5, 5.41) is 0. The molecule has 0 spiro atoms. The molecule has 5 heteroatoms. The van der Waals surface area contributed by atoms with Gasteiger partial charge in [0.25, 0.3) is 0 Å². The number of hydrogen-bond donors (Lipinski definition) is 1. The molecule has 0 bridgehead atoms. The SMILES string of the molecule is COc1ccc(COc2ccc(N)c(F)c2)cc1F. The number of ether oxygens (including phenoxy) is 2. The lowest BCUT2D eigenvalue weighted by Crippen LogP contribution is -1.98. The first-order chi connectivity index (χ1) is 9.10. The highest BCUT2D eigenvalue weighted by Gasteiger charge is 2.05. The lowest BCUT2D eigenvalue weighted by Gasteiger charge is -2.08. The zero-order chi connectivity index (χ0) is 13.8. The molecule has 0 radical (unpaired) electrons. The zero-order valence-electron chi connectivity index (χ0n) is 10.3. The molecule has 19 heavy (non-hydrogen) atoms. The van der Waals surface area contributed by atoms with Gasteiger partial charge in [-0.25, -0.2) is 8.78 Å². The third kappa shape index (κ3) is 3.13. The van der Waals surface area contributed by atoms with Crippen LogP contribution in [0.25, 0.3) is 0 Å². The summed E-state index contributed by atoms with van der Waals surface area (Å²) in [4.78, 5) is 0. The lowest BCUT2D eigenvalue weighted by molar-refractivity contribution is 0.303. The van der Waals surface area contributed by atoms with Crippen molar-refractivity contribution in [1.82, 2.24) is 0 Å². The summed E-state index contributed by atoms with van der Waals surface area (Å²) < 4.78 is 36.8. The van der Waals surface area contributed by atoms with E-state index in [0.717, 1.165) is 0 Å². The van der Waals surface area contributed by atoms with Gasteiger partial charge >= 0.3 is 0 Å². The number of nitrogens with two attached hydrogens (primary N) is 1. The van der Waals surface area contributed by atoms with Crippen molar-refractivity contribution >= 4 is 5.69 Å². The zero-order valence-corrected chi connectivity index (χ0v) is 10.3. The van der Waals surface area contributed by atoms with Crippen LogP contribution in [0, 0.1) is 11.6 Å². The fourth-order valence-electron chi connectivity index (χ4n) is 1.56. The lowest BCUT2D eigenvalue weighted by atomic mass is 10.2. The van der Waals surface area contributed by atoms with Crippen LogP contribution < -0.4 is 15.2 Å². The molecule has 2 N–H and O–H groups in total. The maximum atomic E-state index is 13.4. The summed E-state index contributed by atoms with van der Waals surface area (Å²) in [6.07, 6.45) is 0. The Balaban J connectivity index is 2.05. The first-order valence-electron chi connectivity index (χ1n) is 5.60. The van der Waals surface area contributed by atoms with Gasteiger partial charge in [-0.05, 0) is 29.8 Å². The molecule has 3 nitrogen and oxygen atoms in total. The van der Waals surface area contributed by atoms with Crippen LogP contribution in [0.4, 0.5) is 14.5 Å². The van der Waals surface area contributed by atoms with E-state index in [1.165, 1.54) is 31.4 Å². The molecular formula is C14H13F2NO2. The average Bonchev–Trinajstić information content (AvgIpc) is 2.40. The molecule has 0 atom stereocenters. The summed E-state index contributed by atoms with van der Waals surface area (Å²) in [7, 11) is 1.39. The van der Waals surface area contributed by atoms with Gasteiger partial charge in [0.05, 0.1) is 12.8 Å². The van der Waals surface area contributed by atoms with E-state index in [2.05, 4.69) is 0 Å². The minimum atomic E-state index is -0.543. The van der Waals surface area contributed by atoms with Crippen LogP contribution >= 0.6 is 0 Å². The van der Waals surface area contributed by atoms with Gasteiger partial charge in [-0.15, -0.1) is 0 Å². The van der Waals surface area contributed by atoms with Crippen molar-refractivity contribution in [3.05, 3.63) is 53.6 Å². The first-order valence-corrected chi connectivity index (χ1v) is 5.60. The third-order valence-electron chi connectivity index (χ3n) is 2.59. The van der Waals surface area contributed by atoms with E-state index in [4.69, 9.17) is 15.2 Å². The largest absolute Gasteiger partial charge is 0.494 e. The number of methoxy groups -OCH3 is 1. The second kappa shape index (κ2) is 5.56. The topological polar surface area (TPSA) is 44.5 Å². The van der Waals surface area contributed by atoms with E-state index in [0.29, 0.717) is 11.3 Å². The normalized spacial score (nSPS) is 10.3. The van der Waals surface area contributed by atoms with E-state index >= 15 is 0 Å². The average molecular weight is 265 g/mol. The summed E-state index contributed by atoms with van der Waals surface area (Å²) in [5.41, 5.74) is 6.03. The Bertz CT molecular complexity index is 588. The molecule has 0 aromatic heterocycles. The van der Waals surface area contributed by atoms with Crippen LogP contribution in [0.3, 0.4) is 0 Å². The van der Waals surface area contributed by atoms with Gasteiger partial charge in [-0.2, -0.15) is 0 Å². The Morgan fingerprint density at radius 1 is 1.05 bits per heavy atom. The monoisotopic (exact) mass is 265 g/mol. The molecule has 2 rings (SSSR count). The van der Waals surface area contributed by atoms with Crippen molar-refractivity contribution < 1.29 is 18.3 Å². The second-order valence-electron chi connectivity index (χ2n) is 3.94. The van der Waals surface area contributed by atoms with Crippen LogP contribution in [0.2, 0.25) is 0 Å². The number of anilines is 1. The van der Waals surface area contributed by atoms with E-state index in [9.17, 15) is 8.78 Å². The molecule has 0 saturated carbocycles. The minimum absolute atomic E-state index is 0.0582. The number of halogens is 2. The molecule has 0 saturated heterocycles. The maximum absolute atomic E-state index is 13.4. The van der Waals surface area contributed by atoms with Crippen molar-refractivity contribution in [3.63, 3.8) is 0 Å². The Kier molecular flexibility index (Phi) is 3.85. The fraction of sp³-hybridized carbons (Fsp3) is 0.143. The molecule has 0 aliphatic carbocycles. The van der Waals surface area contributed by atoms with Crippen molar-refractivity contribution in [2.45, 2.75) is 6.61 Å². The van der Waals surface area contributed by atoms with Gasteiger partial charge in [0.2, 0.25) is 0 Å². The Morgan fingerprint density at radius 3 is 2.47 bits per heavy atom. The molecule has 0 aliphatic heterocycles. The smallest absolute Gasteiger partial charge is 0.165 e. The van der Waals surface area contributed by atoms with Gasteiger partial charge in [-0.1, -0.05) is 6.07 Å². The van der Waals surface area contributed by atoms with Crippen molar-refractivity contribution in [2.24, 2.45) is 0 Å². The first kappa shape index (κ1) is 13.1. The number of nitrogen functional groups attached to an aromatic ring is 1. The summed E-state index contributed by atoms with van der Waals surface area (Å²) in [6.45, 7) is 0.129. The highest BCUT2D eigenvalue weighted by atomic mass is 19.1. The van der Waals surface area contributed by atoms with E-state index in [1.54, 1.807) is 12.1 Å². The van der Waals surface area contributed by atoms with Crippen molar-refractivity contribution in [1.29, 1.82) is 0 Å². The number of rotatable bonds is 4. The molecule has 100 valence electrons. The highest BCUT2D eigenvalue weighted by Crippen LogP contribution is 2.21. The Hall–Kier alpha value is -2.30. The van der Waals surface area contributed by atoms with E-state index in [-0.39, 0.29) is 18.0 Å². The molecule has 2 aromatic carbocycles. The second-order valence-corrected chi connectivity index (χ2v) is 3.94. The Morgan fingerprint density at radius 2 is 1.84 bits per heavy atom. The van der Waals surface area contributed by atoms with Crippen LogP contribution in [0.1, 0.15) is 5.56 Å². The standard InChI is InChI=1S/C14H13F2NO2/c1-18-14-5-2-9(6-12(14)16)8-19-10-3-4-13(17)11(15)7-10/h2-7H,8,17H2,1H3.